The molecule has 10 heavy (non-hydrogen) atoms. The second kappa shape index (κ2) is 4.62. The third-order valence-electron chi connectivity index (χ3n) is 1.28. The van der Waals surface area contributed by atoms with E-state index in [1.165, 1.54) is 5.56 Å². The molecule has 0 aromatic carbocycles. The molecule has 3 heteroatoms. The van der Waals surface area contributed by atoms with E-state index in [0.29, 0.717) is 6.54 Å². The Morgan fingerprint density at radius 2 is 1.90 bits per heavy atom. The zero-order valence-corrected chi connectivity index (χ0v) is 8.08. The first-order valence-corrected chi connectivity index (χ1v) is 2.97. The highest BCUT2D eigenvalue weighted by molar-refractivity contribution is 5.05. The van der Waals surface area contributed by atoms with Crippen LogP contribution in [-0.4, -0.2) is 0 Å². The summed E-state index contributed by atoms with van der Waals surface area (Å²) in [5.74, 6) is 0. The van der Waals surface area contributed by atoms with Crippen molar-refractivity contribution in [1.29, 1.82) is 0 Å². The lowest BCUT2D eigenvalue weighted by molar-refractivity contribution is -0.671. The van der Waals surface area contributed by atoms with Crippen molar-refractivity contribution < 1.29 is 28.5 Å². The Labute approximate surface area is 78.1 Å². The first-order chi connectivity index (χ1) is 4.33. The van der Waals surface area contributed by atoms with Crippen LogP contribution in [0.25, 0.3) is 0 Å². The fourth-order valence-electron chi connectivity index (χ4n) is 0.668. The second-order valence-corrected chi connectivity index (χ2v) is 2.08. The van der Waals surface area contributed by atoms with Crippen LogP contribution in [0.2, 0.25) is 0 Å². The van der Waals surface area contributed by atoms with Crippen molar-refractivity contribution >= 4 is 0 Å². The highest BCUT2D eigenvalue weighted by atomic mass is 127. The monoisotopic (exact) mass is 250 g/mol. The van der Waals surface area contributed by atoms with Gasteiger partial charge >= 0.3 is 0 Å². The van der Waals surface area contributed by atoms with Crippen molar-refractivity contribution in [2.75, 3.05) is 0 Å². The number of hydrogen-bond acceptors (Lipinski definition) is 1. The Hall–Kier alpha value is -0.160. The van der Waals surface area contributed by atoms with Gasteiger partial charge in [0.15, 0.2) is 12.4 Å². The van der Waals surface area contributed by atoms with Crippen LogP contribution in [0, 0.1) is 0 Å². The second-order valence-electron chi connectivity index (χ2n) is 2.08. The van der Waals surface area contributed by atoms with Crippen molar-refractivity contribution in [1.82, 2.24) is 0 Å². The summed E-state index contributed by atoms with van der Waals surface area (Å²) in [4.78, 5) is 0. The van der Waals surface area contributed by atoms with Crippen LogP contribution in [0.1, 0.15) is 5.56 Å². The Bertz CT molecular complexity index is 183. The summed E-state index contributed by atoms with van der Waals surface area (Å²) in [5.41, 5.74) is 6.56. The highest BCUT2D eigenvalue weighted by Crippen LogP contribution is 1.90. The first-order valence-electron chi connectivity index (χ1n) is 2.97. The normalized spacial score (nSPS) is 8.60. The van der Waals surface area contributed by atoms with Crippen LogP contribution in [0.5, 0.6) is 0 Å². The van der Waals surface area contributed by atoms with Gasteiger partial charge in [0.25, 0.3) is 0 Å². The predicted octanol–water partition coefficient (Wildman–Crippen LogP) is -3.03. The molecular weight excluding hydrogens is 239 g/mol. The molecule has 0 spiro atoms. The standard InChI is InChI=1S/C7H11N2.HI/c1-9-4-2-7(6-8)3-5-9;/h2-5H,6,8H2,1H3;1H/q+1;/p-1. The molecular formula is C7H11IN2. The Balaban J connectivity index is 0.000000810. The van der Waals surface area contributed by atoms with Crippen molar-refractivity contribution in [2.24, 2.45) is 12.8 Å². The fraction of sp³-hybridized carbons (Fsp3) is 0.286. The summed E-state index contributed by atoms with van der Waals surface area (Å²) in [6.07, 6.45) is 3.98. The van der Waals surface area contributed by atoms with Crippen LogP contribution in [0.15, 0.2) is 24.5 Å². The summed E-state index contributed by atoms with van der Waals surface area (Å²) in [7, 11) is 1.99. The zero-order chi connectivity index (χ0) is 6.69. The van der Waals surface area contributed by atoms with Gasteiger partial charge in [-0.05, 0) is 5.56 Å². The lowest BCUT2D eigenvalue weighted by Gasteiger charge is -1.90. The van der Waals surface area contributed by atoms with Gasteiger partial charge in [0.05, 0.1) is 0 Å². The molecule has 2 N–H and O–H groups in total. The molecule has 0 aliphatic carbocycles. The molecule has 0 fully saturated rings. The van der Waals surface area contributed by atoms with Crippen LogP contribution in [0.4, 0.5) is 0 Å². The number of aryl methyl sites for hydroxylation is 1. The van der Waals surface area contributed by atoms with E-state index < -0.39 is 0 Å². The number of aromatic nitrogens is 1. The molecule has 0 aliphatic heterocycles. The molecule has 0 unspecified atom stereocenters. The van der Waals surface area contributed by atoms with Crippen LogP contribution < -0.4 is 34.3 Å². The maximum absolute atomic E-state index is 5.39. The first kappa shape index (κ1) is 9.84. The van der Waals surface area contributed by atoms with E-state index in [1.54, 1.807) is 0 Å². The maximum Gasteiger partial charge on any atom is 0.168 e. The molecule has 0 bridgehead atoms. The average molecular weight is 250 g/mol. The smallest absolute Gasteiger partial charge is 0.168 e. The predicted molar refractivity (Wildman–Crippen MR) is 35.5 cm³/mol. The highest BCUT2D eigenvalue weighted by Gasteiger charge is 1.90. The van der Waals surface area contributed by atoms with E-state index in [-0.39, 0.29) is 24.0 Å². The summed E-state index contributed by atoms with van der Waals surface area (Å²) in [6.45, 7) is 0.626. The third-order valence-corrected chi connectivity index (χ3v) is 1.28. The third kappa shape index (κ3) is 2.62. The van der Waals surface area contributed by atoms with Crippen molar-refractivity contribution in [2.45, 2.75) is 6.54 Å². The molecule has 1 rings (SSSR count). The molecule has 2 nitrogen and oxygen atoms in total. The summed E-state index contributed by atoms with van der Waals surface area (Å²) >= 11 is 0. The Morgan fingerprint density at radius 3 is 2.30 bits per heavy atom. The Morgan fingerprint density at radius 1 is 1.40 bits per heavy atom. The SMILES string of the molecule is C[n+]1ccc(CN)cc1.[I-]. The topological polar surface area (TPSA) is 29.9 Å². The molecule has 1 aromatic heterocycles. The summed E-state index contributed by atoms with van der Waals surface area (Å²) < 4.78 is 1.99. The number of hydrogen-bond donors (Lipinski definition) is 1. The van der Waals surface area contributed by atoms with Crippen LogP contribution in [-0.2, 0) is 13.6 Å². The van der Waals surface area contributed by atoms with E-state index in [4.69, 9.17) is 5.73 Å². The van der Waals surface area contributed by atoms with Gasteiger partial charge in [-0.1, -0.05) is 0 Å². The molecule has 1 heterocycles. The maximum atomic E-state index is 5.39. The molecule has 0 radical (unpaired) electrons. The average Bonchev–Trinajstić information content (AvgIpc) is 1.90. The molecule has 0 saturated carbocycles. The van der Waals surface area contributed by atoms with Crippen molar-refractivity contribution in [3.63, 3.8) is 0 Å². The summed E-state index contributed by atoms with van der Waals surface area (Å²) in [5, 5.41) is 0. The minimum atomic E-state index is 0. The summed E-state index contributed by atoms with van der Waals surface area (Å²) in [6, 6.07) is 4.03. The molecule has 0 atom stereocenters. The van der Waals surface area contributed by atoms with E-state index in [9.17, 15) is 0 Å². The van der Waals surface area contributed by atoms with E-state index in [0.717, 1.165) is 0 Å². The van der Waals surface area contributed by atoms with E-state index >= 15 is 0 Å². The van der Waals surface area contributed by atoms with Gasteiger partial charge in [0, 0.05) is 18.7 Å². The lowest BCUT2D eigenvalue weighted by Crippen LogP contribution is -3.00. The van der Waals surface area contributed by atoms with Gasteiger partial charge < -0.3 is 29.7 Å². The molecule has 0 amide bonds. The van der Waals surface area contributed by atoms with Gasteiger partial charge in [-0.3, -0.25) is 0 Å². The van der Waals surface area contributed by atoms with Gasteiger partial charge in [0.1, 0.15) is 7.05 Å². The van der Waals surface area contributed by atoms with Gasteiger partial charge in [-0.2, -0.15) is 0 Å². The van der Waals surface area contributed by atoms with Gasteiger partial charge in [-0.15, -0.1) is 0 Å². The number of halogens is 1. The van der Waals surface area contributed by atoms with E-state index in [1.807, 2.05) is 36.1 Å². The van der Waals surface area contributed by atoms with Crippen molar-refractivity contribution in [3.05, 3.63) is 30.1 Å². The molecule has 56 valence electrons. The van der Waals surface area contributed by atoms with Crippen LogP contribution in [0.3, 0.4) is 0 Å². The number of rotatable bonds is 1. The Kier molecular flexibility index (Phi) is 4.55. The van der Waals surface area contributed by atoms with E-state index in [2.05, 4.69) is 0 Å². The van der Waals surface area contributed by atoms with Crippen molar-refractivity contribution in [3.8, 4) is 0 Å². The molecule has 0 aliphatic rings. The number of nitrogens with two attached hydrogens (primary N) is 1. The molecule has 0 saturated heterocycles. The number of nitrogens with zero attached hydrogens (tertiary/aromatic N) is 1. The quantitative estimate of drug-likeness (QED) is 0.417. The van der Waals surface area contributed by atoms with Crippen LogP contribution >= 0.6 is 0 Å². The number of pyridine rings is 1. The zero-order valence-electron chi connectivity index (χ0n) is 5.92. The lowest BCUT2D eigenvalue weighted by atomic mass is 10.3. The molecule has 1 aromatic rings. The largest absolute Gasteiger partial charge is 1.00 e. The minimum Gasteiger partial charge on any atom is -1.00 e. The minimum absolute atomic E-state index is 0. The fourth-order valence-corrected chi connectivity index (χ4v) is 0.668. The van der Waals surface area contributed by atoms with Gasteiger partial charge in [-0.25, -0.2) is 4.57 Å². The van der Waals surface area contributed by atoms with Gasteiger partial charge in [0.2, 0.25) is 0 Å².